The summed E-state index contributed by atoms with van der Waals surface area (Å²) in [4.78, 5) is 12.3. The largest absolute Gasteiger partial charge is 0.497 e. The van der Waals surface area contributed by atoms with Crippen LogP contribution in [-0.2, 0) is 23.1 Å². The van der Waals surface area contributed by atoms with E-state index in [4.69, 9.17) is 4.74 Å². The molecular weight excluding hydrogens is 390 g/mol. The van der Waals surface area contributed by atoms with E-state index in [1.54, 1.807) is 35.7 Å². The number of urea groups is 1. The predicted molar refractivity (Wildman–Crippen MR) is 111 cm³/mol. The molecule has 1 fully saturated rings. The second kappa shape index (κ2) is 9.76. The number of nitrogens with zero attached hydrogens (tertiary/aromatic N) is 1. The zero-order valence-corrected chi connectivity index (χ0v) is 17.4. The number of piperidine rings is 1. The third kappa shape index (κ3) is 5.71. The van der Waals surface area contributed by atoms with Gasteiger partial charge in [-0.1, -0.05) is 30.7 Å². The van der Waals surface area contributed by atoms with Gasteiger partial charge in [0.1, 0.15) is 5.75 Å². The van der Waals surface area contributed by atoms with E-state index in [2.05, 4.69) is 10.6 Å². The topological polar surface area (TPSA) is 87.7 Å². The van der Waals surface area contributed by atoms with Gasteiger partial charge in [-0.3, -0.25) is 0 Å². The SMILES string of the molecule is COc1cccc(CNC(=O)NCc2ccc(S(=O)(=O)N3CCCCC3)cc2)c1. The molecule has 7 nitrogen and oxygen atoms in total. The highest BCUT2D eigenvalue weighted by Gasteiger charge is 2.25. The minimum absolute atomic E-state index is 0.294. The third-order valence-corrected chi connectivity index (χ3v) is 6.83. The molecule has 0 spiro atoms. The van der Waals surface area contributed by atoms with Crippen LogP contribution in [0.15, 0.2) is 53.4 Å². The Morgan fingerprint density at radius 3 is 2.28 bits per heavy atom. The van der Waals surface area contributed by atoms with Crippen LogP contribution in [0.5, 0.6) is 5.75 Å². The number of hydrogen-bond acceptors (Lipinski definition) is 4. The van der Waals surface area contributed by atoms with Crippen molar-refractivity contribution in [3.8, 4) is 5.75 Å². The summed E-state index contributed by atoms with van der Waals surface area (Å²) in [6.07, 6.45) is 2.90. The number of hydrogen-bond donors (Lipinski definition) is 2. The molecule has 0 radical (unpaired) electrons. The average Bonchev–Trinajstić information content (AvgIpc) is 2.77. The highest BCUT2D eigenvalue weighted by atomic mass is 32.2. The Balaban J connectivity index is 1.50. The van der Waals surface area contributed by atoms with Gasteiger partial charge < -0.3 is 15.4 Å². The van der Waals surface area contributed by atoms with Gasteiger partial charge in [-0.25, -0.2) is 13.2 Å². The molecule has 0 unspecified atom stereocenters. The lowest BCUT2D eigenvalue weighted by Gasteiger charge is -2.25. The maximum atomic E-state index is 12.7. The Morgan fingerprint density at radius 2 is 1.62 bits per heavy atom. The van der Waals surface area contributed by atoms with Crippen molar-refractivity contribution in [1.82, 2.24) is 14.9 Å². The zero-order valence-electron chi connectivity index (χ0n) is 16.6. The molecule has 1 heterocycles. The number of benzene rings is 2. The van der Waals surface area contributed by atoms with Crippen LogP contribution in [0.1, 0.15) is 30.4 Å². The second-order valence-electron chi connectivity index (χ2n) is 7.00. The van der Waals surface area contributed by atoms with Crippen LogP contribution >= 0.6 is 0 Å². The van der Waals surface area contributed by atoms with Crippen LogP contribution in [-0.4, -0.2) is 39.0 Å². The lowest BCUT2D eigenvalue weighted by atomic mass is 10.2. The number of nitrogens with one attached hydrogen (secondary N) is 2. The Bertz CT molecular complexity index is 923. The summed E-state index contributed by atoms with van der Waals surface area (Å²) < 4.78 is 32.1. The van der Waals surface area contributed by atoms with Gasteiger partial charge in [-0.15, -0.1) is 0 Å². The van der Waals surface area contributed by atoms with Gasteiger partial charge in [0, 0.05) is 26.2 Å². The van der Waals surface area contributed by atoms with Crippen molar-refractivity contribution < 1.29 is 17.9 Å². The first-order chi connectivity index (χ1) is 14.0. The molecule has 29 heavy (non-hydrogen) atoms. The molecule has 2 amide bonds. The smallest absolute Gasteiger partial charge is 0.315 e. The van der Waals surface area contributed by atoms with E-state index in [0.29, 0.717) is 31.1 Å². The van der Waals surface area contributed by atoms with E-state index >= 15 is 0 Å². The van der Waals surface area contributed by atoms with Crippen LogP contribution in [0.3, 0.4) is 0 Å². The summed E-state index contributed by atoms with van der Waals surface area (Å²) >= 11 is 0. The van der Waals surface area contributed by atoms with Gasteiger partial charge in [0.05, 0.1) is 12.0 Å². The fourth-order valence-corrected chi connectivity index (χ4v) is 4.76. The molecule has 8 heteroatoms. The Morgan fingerprint density at radius 1 is 0.966 bits per heavy atom. The van der Waals surface area contributed by atoms with Crippen molar-refractivity contribution in [2.45, 2.75) is 37.2 Å². The van der Waals surface area contributed by atoms with Crippen LogP contribution in [0.2, 0.25) is 0 Å². The Kier molecular flexibility index (Phi) is 7.11. The van der Waals surface area contributed by atoms with E-state index in [1.807, 2.05) is 24.3 Å². The first-order valence-electron chi connectivity index (χ1n) is 9.73. The highest BCUT2D eigenvalue weighted by Crippen LogP contribution is 2.20. The molecule has 156 valence electrons. The third-order valence-electron chi connectivity index (χ3n) is 4.92. The summed E-state index contributed by atoms with van der Waals surface area (Å²) in [5, 5.41) is 5.57. The standard InChI is InChI=1S/C21H27N3O4S/c1-28-19-7-5-6-18(14-19)16-23-21(25)22-15-17-8-10-20(11-9-17)29(26,27)24-12-3-2-4-13-24/h5-11,14H,2-4,12-13,15-16H2,1H3,(H2,22,23,25). The maximum Gasteiger partial charge on any atom is 0.315 e. The van der Waals surface area contributed by atoms with Gasteiger partial charge in [0.25, 0.3) is 0 Å². The van der Waals surface area contributed by atoms with Crippen LogP contribution in [0.25, 0.3) is 0 Å². The lowest BCUT2D eigenvalue weighted by molar-refractivity contribution is 0.240. The molecule has 0 atom stereocenters. The molecule has 0 bridgehead atoms. The minimum Gasteiger partial charge on any atom is -0.497 e. The lowest BCUT2D eigenvalue weighted by Crippen LogP contribution is -2.35. The van der Waals surface area contributed by atoms with Crippen LogP contribution < -0.4 is 15.4 Å². The number of sulfonamides is 1. The summed E-state index contributed by atoms with van der Waals surface area (Å²) in [6.45, 7) is 1.86. The number of ether oxygens (including phenoxy) is 1. The summed E-state index contributed by atoms with van der Waals surface area (Å²) in [5.41, 5.74) is 1.77. The summed E-state index contributed by atoms with van der Waals surface area (Å²) in [7, 11) is -1.83. The number of methoxy groups -OCH3 is 1. The predicted octanol–water partition coefficient (Wildman–Crippen LogP) is 2.87. The quantitative estimate of drug-likeness (QED) is 0.725. The molecule has 0 aliphatic carbocycles. The molecule has 1 aliphatic rings. The maximum absolute atomic E-state index is 12.7. The first kappa shape index (κ1) is 21.1. The molecule has 0 saturated carbocycles. The molecule has 2 N–H and O–H groups in total. The fraction of sp³-hybridized carbons (Fsp3) is 0.381. The number of amides is 2. The van der Waals surface area contributed by atoms with Gasteiger partial charge in [0.2, 0.25) is 10.0 Å². The van der Waals surface area contributed by atoms with Crippen molar-refractivity contribution in [2.75, 3.05) is 20.2 Å². The number of rotatable bonds is 7. The minimum atomic E-state index is -3.43. The summed E-state index contributed by atoms with van der Waals surface area (Å²) in [6, 6.07) is 13.9. The van der Waals surface area contributed by atoms with Gasteiger partial charge >= 0.3 is 6.03 Å². The number of carbonyl (C=O) groups excluding carboxylic acids is 1. The molecule has 1 aliphatic heterocycles. The molecule has 0 aromatic heterocycles. The second-order valence-corrected chi connectivity index (χ2v) is 8.93. The van der Waals surface area contributed by atoms with Crippen molar-refractivity contribution in [1.29, 1.82) is 0 Å². The van der Waals surface area contributed by atoms with Crippen molar-refractivity contribution in [2.24, 2.45) is 0 Å². The van der Waals surface area contributed by atoms with Gasteiger partial charge in [0.15, 0.2) is 0 Å². The number of carbonyl (C=O) groups is 1. The monoisotopic (exact) mass is 417 g/mol. The fourth-order valence-electron chi connectivity index (χ4n) is 3.24. The Hall–Kier alpha value is -2.58. The van der Waals surface area contributed by atoms with E-state index in [0.717, 1.165) is 36.1 Å². The average molecular weight is 418 g/mol. The molecule has 2 aromatic rings. The van der Waals surface area contributed by atoms with Crippen molar-refractivity contribution >= 4 is 16.1 Å². The van der Waals surface area contributed by atoms with E-state index in [9.17, 15) is 13.2 Å². The van der Waals surface area contributed by atoms with Gasteiger partial charge in [-0.2, -0.15) is 4.31 Å². The molecule has 3 rings (SSSR count). The zero-order chi connectivity index (χ0) is 20.7. The molecule has 1 saturated heterocycles. The normalized spacial score (nSPS) is 14.9. The Labute approximate surface area is 172 Å². The van der Waals surface area contributed by atoms with Crippen LogP contribution in [0, 0.1) is 0 Å². The van der Waals surface area contributed by atoms with E-state index in [-0.39, 0.29) is 6.03 Å². The van der Waals surface area contributed by atoms with Crippen molar-refractivity contribution in [3.05, 3.63) is 59.7 Å². The molecule has 2 aromatic carbocycles. The van der Waals surface area contributed by atoms with E-state index < -0.39 is 10.0 Å². The summed E-state index contributed by atoms with van der Waals surface area (Å²) in [5.74, 6) is 0.740. The van der Waals surface area contributed by atoms with Crippen LogP contribution in [0.4, 0.5) is 4.79 Å². The van der Waals surface area contributed by atoms with Gasteiger partial charge in [-0.05, 0) is 48.2 Å². The highest BCUT2D eigenvalue weighted by molar-refractivity contribution is 7.89. The first-order valence-corrected chi connectivity index (χ1v) is 11.2. The molecular formula is C21H27N3O4S. The van der Waals surface area contributed by atoms with E-state index in [1.165, 1.54) is 0 Å². The van der Waals surface area contributed by atoms with Crippen molar-refractivity contribution in [3.63, 3.8) is 0 Å².